The number of ether oxygens (including phenoxy) is 1. The van der Waals surface area contributed by atoms with E-state index in [0.29, 0.717) is 12.2 Å². The molecule has 0 aliphatic carbocycles. The molecule has 0 saturated carbocycles. The molecule has 0 amide bonds. The average Bonchev–Trinajstić information content (AvgIpc) is 2.26. The van der Waals surface area contributed by atoms with Crippen molar-refractivity contribution < 1.29 is 14.2 Å². The summed E-state index contributed by atoms with van der Waals surface area (Å²) in [6, 6.07) is 4.51. The molecule has 88 valence electrons. The molecule has 1 N–H and O–H groups in total. The second kappa shape index (κ2) is 6.28. The second-order valence-corrected chi connectivity index (χ2v) is 3.65. The van der Waals surface area contributed by atoms with Gasteiger partial charge in [0.2, 0.25) is 0 Å². The van der Waals surface area contributed by atoms with Crippen LogP contribution in [0.15, 0.2) is 30.9 Å². The van der Waals surface area contributed by atoms with E-state index in [-0.39, 0.29) is 5.75 Å². The summed E-state index contributed by atoms with van der Waals surface area (Å²) in [6.45, 7) is 5.66. The third kappa shape index (κ3) is 3.66. The quantitative estimate of drug-likeness (QED) is 0.594. The van der Waals surface area contributed by atoms with E-state index in [1.165, 1.54) is 6.07 Å². The maximum absolute atomic E-state index is 13.5. The molecule has 0 unspecified atom stereocenters. The molecular weight excluding hydrogens is 207 g/mol. The number of rotatable bonds is 6. The first-order valence-electron chi connectivity index (χ1n) is 5.36. The maximum Gasteiger partial charge on any atom is 0.165 e. The minimum absolute atomic E-state index is 0.230. The summed E-state index contributed by atoms with van der Waals surface area (Å²) in [5.41, 5.74) is 0.552. The first-order chi connectivity index (χ1) is 7.65. The molecule has 0 fully saturated rings. The van der Waals surface area contributed by atoms with Gasteiger partial charge in [-0.15, -0.1) is 6.58 Å². The van der Waals surface area contributed by atoms with Crippen LogP contribution in [-0.2, 0) is 0 Å². The molecular formula is C13H17FO2. The molecule has 0 spiro atoms. The number of allylic oxidation sites excluding steroid dienone is 1. The van der Waals surface area contributed by atoms with Crippen molar-refractivity contribution in [2.24, 2.45) is 0 Å². The van der Waals surface area contributed by atoms with Crippen molar-refractivity contribution in [2.45, 2.75) is 25.9 Å². The van der Waals surface area contributed by atoms with Crippen molar-refractivity contribution in [3.05, 3.63) is 42.2 Å². The Morgan fingerprint density at radius 1 is 1.56 bits per heavy atom. The fourth-order valence-corrected chi connectivity index (χ4v) is 1.30. The van der Waals surface area contributed by atoms with Crippen molar-refractivity contribution >= 4 is 0 Å². The molecule has 16 heavy (non-hydrogen) atoms. The first kappa shape index (κ1) is 12.7. The predicted molar refractivity (Wildman–Crippen MR) is 62.0 cm³/mol. The smallest absolute Gasteiger partial charge is 0.165 e. The molecule has 0 radical (unpaired) electrons. The summed E-state index contributed by atoms with van der Waals surface area (Å²) in [5.74, 6) is -0.203. The Kier molecular flexibility index (Phi) is 4.99. The van der Waals surface area contributed by atoms with Gasteiger partial charge in [0, 0.05) is 0 Å². The number of aliphatic hydroxyl groups is 1. The summed E-state index contributed by atoms with van der Waals surface area (Å²) in [7, 11) is 0. The summed E-state index contributed by atoms with van der Waals surface area (Å²) < 4.78 is 18.7. The average molecular weight is 224 g/mol. The van der Waals surface area contributed by atoms with Gasteiger partial charge in [0.05, 0.1) is 12.7 Å². The number of hydrogen-bond donors (Lipinski definition) is 1. The van der Waals surface area contributed by atoms with E-state index in [2.05, 4.69) is 6.58 Å². The van der Waals surface area contributed by atoms with E-state index in [9.17, 15) is 9.50 Å². The van der Waals surface area contributed by atoms with Gasteiger partial charge in [-0.3, -0.25) is 0 Å². The van der Waals surface area contributed by atoms with E-state index in [1.54, 1.807) is 25.1 Å². The molecule has 0 aliphatic rings. The summed E-state index contributed by atoms with van der Waals surface area (Å²) >= 11 is 0. The molecule has 2 nitrogen and oxygen atoms in total. The van der Waals surface area contributed by atoms with Crippen molar-refractivity contribution in [3.63, 3.8) is 0 Å². The number of hydrogen-bond acceptors (Lipinski definition) is 2. The van der Waals surface area contributed by atoms with E-state index in [1.807, 2.05) is 0 Å². The van der Waals surface area contributed by atoms with Crippen LogP contribution in [0.5, 0.6) is 5.75 Å². The largest absolute Gasteiger partial charge is 0.491 e. The SMILES string of the molecule is C=CCCCOc1ccc([C@H](C)O)cc1F. The normalized spacial score (nSPS) is 12.2. The molecule has 0 saturated heterocycles. The van der Waals surface area contributed by atoms with Crippen molar-refractivity contribution in [1.82, 2.24) is 0 Å². The van der Waals surface area contributed by atoms with Crippen molar-refractivity contribution in [3.8, 4) is 5.75 Å². The minimum Gasteiger partial charge on any atom is -0.491 e. The number of aliphatic hydroxyl groups excluding tert-OH is 1. The zero-order valence-electron chi connectivity index (χ0n) is 9.45. The third-order valence-electron chi connectivity index (χ3n) is 2.25. The van der Waals surface area contributed by atoms with E-state index in [0.717, 1.165) is 12.8 Å². The van der Waals surface area contributed by atoms with Crippen LogP contribution in [0.3, 0.4) is 0 Å². The van der Waals surface area contributed by atoms with Crippen LogP contribution in [0.4, 0.5) is 4.39 Å². The molecule has 1 rings (SSSR count). The van der Waals surface area contributed by atoms with Crippen molar-refractivity contribution in [1.29, 1.82) is 0 Å². The highest BCUT2D eigenvalue weighted by molar-refractivity contribution is 5.30. The monoisotopic (exact) mass is 224 g/mol. The predicted octanol–water partition coefficient (Wildman–Crippen LogP) is 3.22. The van der Waals surface area contributed by atoms with Crippen LogP contribution in [0.1, 0.15) is 31.4 Å². The Bertz CT molecular complexity index is 348. The summed E-state index contributed by atoms with van der Waals surface area (Å²) in [4.78, 5) is 0. The maximum atomic E-state index is 13.5. The minimum atomic E-state index is -0.663. The standard InChI is InChI=1S/C13H17FO2/c1-3-4-5-8-16-13-7-6-11(10(2)15)9-12(13)14/h3,6-7,9-10,15H,1,4-5,8H2,2H3/t10-/m0/s1. The third-order valence-corrected chi connectivity index (χ3v) is 2.25. The van der Waals surface area contributed by atoms with E-state index < -0.39 is 11.9 Å². The lowest BCUT2D eigenvalue weighted by molar-refractivity contribution is 0.198. The summed E-state index contributed by atoms with van der Waals surface area (Å²) in [6.07, 6.45) is 2.81. The molecule has 1 aromatic carbocycles. The molecule has 0 bridgehead atoms. The van der Waals surface area contributed by atoms with Gasteiger partial charge in [0.1, 0.15) is 0 Å². The van der Waals surface area contributed by atoms with Crippen LogP contribution in [0.25, 0.3) is 0 Å². The second-order valence-electron chi connectivity index (χ2n) is 3.65. The van der Waals surface area contributed by atoms with Crippen LogP contribution in [-0.4, -0.2) is 11.7 Å². The molecule has 1 atom stereocenters. The highest BCUT2D eigenvalue weighted by atomic mass is 19.1. The molecule has 0 heterocycles. The number of benzene rings is 1. The number of unbranched alkanes of at least 4 members (excludes halogenated alkanes) is 1. The van der Waals surface area contributed by atoms with Gasteiger partial charge < -0.3 is 9.84 Å². The van der Waals surface area contributed by atoms with Gasteiger partial charge in [-0.05, 0) is 37.5 Å². The molecule has 3 heteroatoms. The highest BCUT2D eigenvalue weighted by Crippen LogP contribution is 2.22. The lowest BCUT2D eigenvalue weighted by atomic mass is 10.1. The van der Waals surface area contributed by atoms with Crippen LogP contribution in [0, 0.1) is 5.82 Å². The topological polar surface area (TPSA) is 29.5 Å². The van der Waals surface area contributed by atoms with E-state index in [4.69, 9.17) is 4.74 Å². The van der Waals surface area contributed by atoms with Gasteiger partial charge in [-0.25, -0.2) is 4.39 Å². The van der Waals surface area contributed by atoms with Gasteiger partial charge in [0.15, 0.2) is 11.6 Å². The first-order valence-corrected chi connectivity index (χ1v) is 5.36. The zero-order valence-corrected chi connectivity index (χ0v) is 9.45. The highest BCUT2D eigenvalue weighted by Gasteiger charge is 2.07. The Morgan fingerprint density at radius 2 is 2.31 bits per heavy atom. The summed E-state index contributed by atoms with van der Waals surface area (Å²) in [5, 5.41) is 9.27. The lowest BCUT2D eigenvalue weighted by Gasteiger charge is -2.09. The Morgan fingerprint density at radius 3 is 2.88 bits per heavy atom. The van der Waals surface area contributed by atoms with Crippen molar-refractivity contribution in [2.75, 3.05) is 6.61 Å². The molecule has 1 aromatic rings. The Hall–Kier alpha value is -1.35. The fourth-order valence-electron chi connectivity index (χ4n) is 1.30. The van der Waals surface area contributed by atoms with Gasteiger partial charge in [-0.2, -0.15) is 0 Å². The van der Waals surface area contributed by atoms with Crippen LogP contribution >= 0.6 is 0 Å². The lowest BCUT2D eigenvalue weighted by Crippen LogP contribution is -2.00. The Labute approximate surface area is 95.4 Å². The fraction of sp³-hybridized carbons (Fsp3) is 0.385. The zero-order chi connectivity index (χ0) is 12.0. The van der Waals surface area contributed by atoms with E-state index >= 15 is 0 Å². The number of halogens is 1. The Balaban J connectivity index is 2.57. The van der Waals surface area contributed by atoms with Crippen LogP contribution in [0.2, 0.25) is 0 Å². The molecule has 0 aliphatic heterocycles. The van der Waals surface area contributed by atoms with Gasteiger partial charge >= 0.3 is 0 Å². The van der Waals surface area contributed by atoms with Gasteiger partial charge in [0.25, 0.3) is 0 Å². The molecule has 0 aromatic heterocycles. The van der Waals surface area contributed by atoms with Gasteiger partial charge in [-0.1, -0.05) is 12.1 Å². The van der Waals surface area contributed by atoms with Crippen LogP contribution < -0.4 is 4.74 Å².